The summed E-state index contributed by atoms with van der Waals surface area (Å²) in [4.78, 5) is 2.57. The highest BCUT2D eigenvalue weighted by molar-refractivity contribution is 6.33. The van der Waals surface area contributed by atoms with E-state index in [4.69, 9.17) is 0 Å². The van der Waals surface area contributed by atoms with Crippen molar-refractivity contribution >= 4 is 46.2 Å². The Morgan fingerprint density at radius 3 is 1.92 bits per heavy atom. The van der Waals surface area contributed by atoms with Crippen LogP contribution in [0, 0.1) is 0 Å². The number of hydrogen-bond acceptors (Lipinski definition) is 1. The molecule has 4 aromatic carbocycles. The van der Waals surface area contributed by atoms with Crippen LogP contribution in [0.4, 0.5) is 24.3 Å². The molecule has 2 aliphatic rings. The molecule has 48 heavy (non-hydrogen) atoms. The third-order valence-corrected chi connectivity index (χ3v) is 9.71. The zero-order valence-electron chi connectivity index (χ0n) is 29.0. The first kappa shape index (κ1) is 36.7. The molecule has 0 saturated heterocycles. The van der Waals surface area contributed by atoms with E-state index in [1.165, 1.54) is 81.1 Å². The van der Waals surface area contributed by atoms with E-state index in [-0.39, 0.29) is 15.5 Å². The van der Waals surface area contributed by atoms with E-state index in [0.29, 0.717) is 0 Å². The monoisotopic (exact) mass is 654 g/mol. The molecule has 0 aliphatic carbocycles. The second-order valence-electron chi connectivity index (χ2n) is 13.6. The van der Waals surface area contributed by atoms with Crippen LogP contribution in [0.3, 0.4) is 0 Å². The van der Waals surface area contributed by atoms with E-state index in [0.717, 1.165) is 13.1 Å². The highest BCUT2D eigenvalue weighted by atomic mass is 19.4. The number of unbranched alkanes of at least 4 members (excludes halogenated alkanes) is 2. The molecular weight excluding hydrogens is 607 g/mol. The van der Waals surface area contributed by atoms with E-state index < -0.39 is 7.54 Å². The van der Waals surface area contributed by atoms with Crippen molar-refractivity contribution in [1.29, 1.82) is 0 Å². The normalized spacial score (nSPS) is 16.9. The lowest BCUT2D eigenvalue weighted by atomic mass is 9.79. The molecule has 2 heterocycles. The van der Waals surface area contributed by atoms with E-state index in [1.807, 2.05) is 0 Å². The Labute approximate surface area is 284 Å². The summed E-state index contributed by atoms with van der Waals surface area (Å²) >= 11 is 0. The number of anilines is 1. The fourth-order valence-corrected chi connectivity index (χ4v) is 7.54. The molecule has 252 valence electrons. The third kappa shape index (κ3) is 7.01. The van der Waals surface area contributed by atoms with Crippen LogP contribution >= 0.6 is 0 Å². The van der Waals surface area contributed by atoms with Crippen molar-refractivity contribution in [3.8, 4) is 0 Å². The summed E-state index contributed by atoms with van der Waals surface area (Å²) in [6.07, 6.45) is 16.2. The summed E-state index contributed by atoms with van der Waals surface area (Å²) < 4.78 is 31.6. The predicted octanol–water partition coefficient (Wildman–Crippen LogP) is 8.65. The molecule has 0 bridgehead atoms. The van der Waals surface area contributed by atoms with Gasteiger partial charge in [0.25, 0.3) is 0 Å². The quantitative estimate of drug-likeness (QED) is 0.0758. The molecule has 2 nitrogen and oxygen atoms in total. The van der Waals surface area contributed by atoms with Crippen LogP contribution in [0.5, 0.6) is 0 Å². The number of benzene rings is 4. The minimum absolute atomic E-state index is 0. The highest BCUT2D eigenvalue weighted by Gasteiger charge is 2.45. The fraction of sp³-hybridized carbons (Fsp3) is 0.341. The van der Waals surface area contributed by atoms with Gasteiger partial charge in [0.05, 0.1) is 5.41 Å². The lowest BCUT2D eigenvalue weighted by Crippen LogP contribution is -3.00. The summed E-state index contributed by atoms with van der Waals surface area (Å²) in [7, 11) is -3.67. The molecule has 0 aromatic heterocycles. The molecule has 0 saturated carbocycles. The van der Waals surface area contributed by atoms with Crippen molar-refractivity contribution in [2.24, 2.45) is 0 Å². The van der Waals surface area contributed by atoms with E-state index in [9.17, 15) is 12.9 Å². The van der Waals surface area contributed by atoms with Crippen molar-refractivity contribution in [1.82, 2.24) is 0 Å². The summed E-state index contributed by atoms with van der Waals surface area (Å²) in [5.41, 5.74) is 8.27. The summed E-state index contributed by atoms with van der Waals surface area (Å²) in [6, 6.07) is 27.0. The number of halogens is 4. The SMILES string of the molecule is CCCCN1C(=CC=CC=CC2=[N+](CCCC)c3ccc4ccccc4c3C2(C)C)C(C)(C)c2c1ccc1ccccc21.FB(F)F.[F-]. The third-order valence-electron chi connectivity index (χ3n) is 9.71. The molecule has 0 atom stereocenters. The maximum Gasteiger partial charge on any atom is 0.762 e. The van der Waals surface area contributed by atoms with Crippen LogP contribution in [-0.4, -0.2) is 30.9 Å². The molecule has 6 rings (SSSR count). The fourth-order valence-electron chi connectivity index (χ4n) is 7.54. The molecule has 0 radical (unpaired) electrons. The molecule has 7 heteroatoms. The summed E-state index contributed by atoms with van der Waals surface area (Å²) in [6.45, 7) is 16.2. The summed E-state index contributed by atoms with van der Waals surface area (Å²) in [5.74, 6) is 0. The van der Waals surface area contributed by atoms with Crippen LogP contribution < -0.4 is 9.60 Å². The predicted molar refractivity (Wildman–Crippen MR) is 196 cm³/mol. The van der Waals surface area contributed by atoms with Gasteiger partial charge in [-0.25, -0.2) is 0 Å². The van der Waals surface area contributed by atoms with E-state index in [1.54, 1.807) is 0 Å². The molecule has 4 aromatic rings. The van der Waals surface area contributed by atoms with Crippen molar-refractivity contribution < 1.29 is 22.2 Å². The van der Waals surface area contributed by atoms with Crippen LogP contribution in [0.2, 0.25) is 0 Å². The zero-order valence-corrected chi connectivity index (χ0v) is 29.0. The Kier molecular flexibility index (Phi) is 11.8. The molecular formula is C41H47BF4N2. The molecule has 0 N–H and O–H groups in total. The Morgan fingerprint density at radius 1 is 0.708 bits per heavy atom. The van der Waals surface area contributed by atoms with Crippen LogP contribution in [0.1, 0.15) is 78.4 Å². The lowest BCUT2D eigenvalue weighted by molar-refractivity contribution is -0.438. The summed E-state index contributed by atoms with van der Waals surface area (Å²) in [5, 5.41) is 5.39. The smallest absolute Gasteiger partial charge is 0.762 e. The van der Waals surface area contributed by atoms with Gasteiger partial charge in [0.15, 0.2) is 5.71 Å². The first-order chi connectivity index (χ1) is 22.5. The molecule has 0 unspecified atom stereocenters. The lowest BCUT2D eigenvalue weighted by Gasteiger charge is -2.27. The standard InChI is InChI=1S/C41H47N2.BF3.FH/c1-7-9-28-42-34-26-24-30-18-14-16-20-32(30)38(34)40(3,4)36(42)22-12-11-13-23-37-41(5,6)39-33-21-17-15-19-31(33)25-27-35(39)43(37)29-10-8-2;2-1(3)4;/h11-27H,7-10,28-29H2,1-6H3;;1H/q+1;;/p-1. The highest BCUT2D eigenvalue weighted by Crippen LogP contribution is 2.51. The first-order valence-corrected chi connectivity index (χ1v) is 17.0. The van der Waals surface area contributed by atoms with Gasteiger partial charge in [-0.3, -0.25) is 12.9 Å². The Bertz CT molecular complexity index is 1870. The first-order valence-electron chi connectivity index (χ1n) is 17.0. The zero-order chi connectivity index (χ0) is 33.8. The molecule has 0 amide bonds. The van der Waals surface area contributed by atoms with Gasteiger partial charge in [-0.05, 0) is 65.6 Å². The van der Waals surface area contributed by atoms with Crippen LogP contribution in [0.25, 0.3) is 21.5 Å². The van der Waals surface area contributed by atoms with Gasteiger partial charge in [0, 0.05) is 47.5 Å². The Morgan fingerprint density at radius 2 is 1.29 bits per heavy atom. The molecule has 2 aliphatic heterocycles. The largest absolute Gasteiger partial charge is 1.00 e. The van der Waals surface area contributed by atoms with Gasteiger partial charge in [-0.15, -0.1) is 0 Å². The van der Waals surface area contributed by atoms with Gasteiger partial charge in [0.1, 0.15) is 6.54 Å². The number of nitrogens with zero attached hydrogens (tertiary/aromatic N) is 2. The van der Waals surface area contributed by atoms with Gasteiger partial charge in [0.2, 0.25) is 5.69 Å². The maximum absolute atomic E-state index is 9.67. The number of fused-ring (bicyclic) bond motifs is 6. The van der Waals surface area contributed by atoms with Crippen molar-refractivity contribution in [3.63, 3.8) is 0 Å². The van der Waals surface area contributed by atoms with Crippen LogP contribution in [0.15, 0.2) is 109 Å². The van der Waals surface area contributed by atoms with Crippen molar-refractivity contribution in [3.05, 3.63) is 120 Å². The van der Waals surface area contributed by atoms with Crippen molar-refractivity contribution in [2.45, 2.75) is 78.1 Å². The number of hydrogen-bond donors (Lipinski definition) is 0. The molecule has 0 spiro atoms. The second kappa shape index (κ2) is 15.4. The topological polar surface area (TPSA) is 6.25 Å². The maximum atomic E-state index is 9.67. The van der Waals surface area contributed by atoms with Gasteiger partial charge in [-0.2, -0.15) is 4.58 Å². The van der Waals surface area contributed by atoms with Gasteiger partial charge < -0.3 is 9.60 Å². The number of allylic oxidation sites excluding steroid dienone is 6. The minimum Gasteiger partial charge on any atom is -1.00 e. The van der Waals surface area contributed by atoms with Gasteiger partial charge in [-0.1, -0.05) is 113 Å². The average Bonchev–Trinajstić information content (AvgIpc) is 3.40. The van der Waals surface area contributed by atoms with Gasteiger partial charge >= 0.3 is 7.54 Å². The Balaban J connectivity index is 0.000000986. The second-order valence-corrected chi connectivity index (χ2v) is 13.6. The van der Waals surface area contributed by atoms with Crippen LogP contribution in [-0.2, 0) is 10.8 Å². The Hall–Kier alpha value is -4.13. The number of rotatable bonds is 9. The van der Waals surface area contributed by atoms with Crippen molar-refractivity contribution in [2.75, 3.05) is 18.0 Å². The average molecular weight is 655 g/mol. The minimum atomic E-state index is -3.67. The van der Waals surface area contributed by atoms with E-state index in [2.05, 4.69) is 154 Å². The van der Waals surface area contributed by atoms with E-state index >= 15 is 0 Å². The molecule has 0 fully saturated rings.